The van der Waals surface area contributed by atoms with E-state index in [4.69, 9.17) is 5.73 Å². The molecule has 0 aliphatic heterocycles. The molecule has 0 aromatic heterocycles. The maximum atomic E-state index is 13.3. The number of benzene rings is 3. The molecule has 0 fully saturated rings. The quantitative estimate of drug-likeness (QED) is 0.373. The smallest absolute Gasteiger partial charge is 0.293 e. The van der Waals surface area contributed by atoms with E-state index in [1.54, 1.807) is 0 Å². The molecule has 0 aliphatic rings. The molecule has 3 rings (SSSR count). The standard InChI is InChI=1S/C20H19N3O4S/c21-19-12-11-18(13-20(19)23(24)25)28(26,27)22(14-16-7-3-1-4-8-16)15-17-9-5-2-6-10-17/h1-13H,14-15,21H2. The average molecular weight is 397 g/mol. The van der Waals surface area contributed by atoms with Crippen molar-refractivity contribution in [1.29, 1.82) is 0 Å². The number of rotatable bonds is 7. The van der Waals surface area contributed by atoms with Gasteiger partial charge < -0.3 is 5.73 Å². The Morgan fingerprint density at radius 3 is 1.82 bits per heavy atom. The third kappa shape index (κ3) is 4.36. The Balaban J connectivity index is 2.02. The Kier molecular flexibility index (Phi) is 5.72. The monoisotopic (exact) mass is 397 g/mol. The summed E-state index contributed by atoms with van der Waals surface area (Å²) >= 11 is 0. The summed E-state index contributed by atoms with van der Waals surface area (Å²) in [6.07, 6.45) is 0. The van der Waals surface area contributed by atoms with Crippen LogP contribution in [0.1, 0.15) is 11.1 Å². The van der Waals surface area contributed by atoms with Gasteiger partial charge >= 0.3 is 0 Å². The van der Waals surface area contributed by atoms with Gasteiger partial charge in [0.2, 0.25) is 10.0 Å². The Morgan fingerprint density at radius 1 is 0.857 bits per heavy atom. The van der Waals surface area contributed by atoms with Crippen molar-refractivity contribution < 1.29 is 13.3 Å². The predicted molar refractivity (Wildman–Crippen MR) is 107 cm³/mol. The molecule has 0 radical (unpaired) electrons. The second-order valence-corrected chi connectivity index (χ2v) is 8.16. The van der Waals surface area contributed by atoms with Crippen LogP contribution in [0.2, 0.25) is 0 Å². The number of nitrogens with two attached hydrogens (primary N) is 1. The van der Waals surface area contributed by atoms with Crippen LogP contribution in [-0.2, 0) is 23.1 Å². The lowest BCUT2D eigenvalue weighted by Gasteiger charge is -2.22. The maximum absolute atomic E-state index is 13.3. The molecule has 0 amide bonds. The van der Waals surface area contributed by atoms with Crippen molar-refractivity contribution >= 4 is 21.4 Å². The summed E-state index contributed by atoms with van der Waals surface area (Å²) in [4.78, 5) is 10.3. The van der Waals surface area contributed by atoms with Crippen LogP contribution in [0.3, 0.4) is 0 Å². The molecule has 0 atom stereocenters. The highest BCUT2D eigenvalue weighted by Gasteiger charge is 2.27. The zero-order valence-corrected chi connectivity index (χ0v) is 15.7. The van der Waals surface area contributed by atoms with Crippen LogP contribution < -0.4 is 5.73 Å². The highest BCUT2D eigenvalue weighted by Crippen LogP contribution is 2.28. The molecule has 0 heterocycles. The van der Waals surface area contributed by atoms with Gasteiger partial charge in [-0.05, 0) is 23.3 Å². The van der Waals surface area contributed by atoms with Gasteiger partial charge in [-0.15, -0.1) is 0 Å². The van der Waals surface area contributed by atoms with Crippen LogP contribution in [0.5, 0.6) is 0 Å². The van der Waals surface area contributed by atoms with Gasteiger partial charge in [0.05, 0.1) is 9.82 Å². The predicted octanol–water partition coefficient (Wildman–Crippen LogP) is 3.57. The van der Waals surface area contributed by atoms with E-state index in [9.17, 15) is 18.5 Å². The minimum absolute atomic E-state index is 0.0818. The Labute approximate surface area is 163 Å². The van der Waals surface area contributed by atoms with Crippen molar-refractivity contribution in [3.63, 3.8) is 0 Å². The van der Waals surface area contributed by atoms with E-state index in [-0.39, 0.29) is 23.7 Å². The minimum Gasteiger partial charge on any atom is -0.393 e. The summed E-state index contributed by atoms with van der Waals surface area (Å²) in [6.45, 7) is 0.270. The van der Waals surface area contributed by atoms with Gasteiger partial charge in [-0.25, -0.2) is 8.42 Å². The summed E-state index contributed by atoms with van der Waals surface area (Å²) in [5.74, 6) is 0. The Bertz CT molecular complexity index is 1030. The highest BCUT2D eigenvalue weighted by molar-refractivity contribution is 7.89. The number of nitro benzene ring substituents is 1. The molecule has 3 aromatic carbocycles. The molecule has 144 valence electrons. The summed E-state index contributed by atoms with van der Waals surface area (Å²) in [5.41, 5.74) is 6.72. The zero-order valence-electron chi connectivity index (χ0n) is 14.9. The lowest BCUT2D eigenvalue weighted by molar-refractivity contribution is -0.384. The van der Waals surface area contributed by atoms with Crippen LogP contribution in [0, 0.1) is 10.1 Å². The van der Waals surface area contributed by atoms with E-state index in [1.165, 1.54) is 16.4 Å². The lowest BCUT2D eigenvalue weighted by Crippen LogP contribution is -2.30. The first-order valence-electron chi connectivity index (χ1n) is 8.50. The number of nitrogen functional groups attached to an aromatic ring is 1. The van der Waals surface area contributed by atoms with E-state index in [2.05, 4.69) is 0 Å². The molecule has 0 aliphatic carbocycles. The molecular formula is C20H19N3O4S. The van der Waals surface area contributed by atoms with E-state index in [0.29, 0.717) is 0 Å². The second kappa shape index (κ2) is 8.20. The van der Waals surface area contributed by atoms with Crippen LogP contribution in [0.4, 0.5) is 11.4 Å². The van der Waals surface area contributed by atoms with Crippen molar-refractivity contribution in [2.24, 2.45) is 0 Å². The maximum Gasteiger partial charge on any atom is 0.293 e. The lowest BCUT2D eigenvalue weighted by atomic mass is 10.2. The molecule has 8 heteroatoms. The summed E-state index contributed by atoms with van der Waals surface area (Å²) in [6, 6.07) is 21.9. The van der Waals surface area contributed by atoms with E-state index >= 15 is 0 Å². The first kappa shape index (κ1) is 19.5. The van der Waals surface area contributed by atoms with Gasteiger partial charge in [-0.1, -0.05) is 60.7 Å². The number of hydrogen-bond acceptors (Lipinski definition) is 5. The number of nitrogens with zero attached hydrogens (tertiary/aromatic N) is 2. The molecular weight excluding hydrogens is 378 g/mol. The fourth-order valence-electron chi connectivity index (χ4n) is 2.79. The molecule has 0 bridgehead atoms. The van der Waals surface area contributed by atoms with Gasteiger partial charge in [0.25, 0.3) is 5.69 Å². The number of hydrogen-bond donors (Lipinski definition) is 1. The molecule has 7 nitrogen and oxygen atoms in total. The van der Waals surface area contributed by atoms with Crippen LogP contribution in [-0.4, -0.2) is 17.6 Å². The van der Waals surface area contributed by atoms with Crippen molar-refractivity contribution in [2.75, 3.05) is 5.73 Å². The third-order valence-corrected chi connectivity index (χ3v) is 6.03. The Hall–Kier alpha value is -3.23. The fourth-order valence-corrected chi connectivity index (χ4v) is 4.23. The molecule has 0 unspecified atom stereocenters. The zero-order chi connectivity index (χ0) is 20.1. The van der Waals surface area contributed by atoms with Crippen molar-refractivity contribution in [1.82, 2.24) is 4.31 Å². The van der Waals surface area contributed by atoms with Crippen LogP contribution >= 0.6 is 0 Å². The van der Waals surface area contributed by atoms with E-state index in [0.717, 1.165) is 17.2 Å². The average Bonchev–Trinajstić information content (AvgIpc) is 2.69. The molecule has 3 aromatic rings. The van der Waals surface area contributed by atoms with Gasteiger partial charge in [0.15, 0.2) is 0 Å². The van der Waals surface area contributed by atoms with Gasteiger partial charge in [-0.2, -0.15) is 4.31 Å². The number of anilines is 1. The number of nitro groups is 1. The third-order valence-electron chi connectivity index (χ3n) is 4.24. The molecule has 0 spiro atoms. The minimum atomic E-state index is -4.00. The van der Waals surface area contributed by atoms with E-state index in [1.807, 2.05) is 60.7 Å². The first-order chi connectivity index (χ1) is 13.4. The molecule has 0 saturated carbocycles. The highest BCUT2D eigenvalue weighted by atomic mass is 32.2. The van der Waals surface area contributed by atoms with Gasteiger partial charge in [0.1, 0.15) is 5.69 Å². The normalized spacial score (nSPS) is 11.5. The second-order valence-electron chi connectivity index (χ2n) is 6.22. The van der Waals surface area contributed by atoms with E-state index < -0.39 is 20.6 Å². The molecule has 28 heavy (non-hydrogen) atoms. The van der Waals surface area contributed by atoms with Gasteiger partial charge in [0, 0.05) is 19.2 Å². The summed E-state index contributed by atoms with van der Waals surface area (Å²) in [5, 5.41) is 11.2. The largest absolute Gasteiger partial charge is 0.393 e. The molecule has 0 saturated heterocycles. The van der Waals surface area contributed by atoms with Crippen LogP contribution in [0.25, 0.3) is 0 Å². The SMILES string of the molecule is Nc1ccc(S(=O)(=O)N(Cc2ccccc2)Cc2ccccc2)cc1[N+](=O)[O-]. The summed E-state index contributed by atoms with van der Waals surface area (Å²) in [7, 11) is -4.00. The Morgan fingerprint density at radius 2 is 1.36 bits per heavy atom. The fraction of sp³-hybridized carbons (Fsp3) is 0.100. The number of sulfonamides is 1. The summed E-state index contributed by atoms with van der Waals surface area (Å²) < 4.78 is 27.9. The molecule has 2 N–H and O–H groups in total. The van der Waals surface area contributed by atoms with Gasteiger partial charge in [-0.3, -0.25) is 10.1 Å². The van der Waals surface area contributed by atoms with Crippen molar-refractivity contribution in [3.8, 4) is 0 Å². The van der Waals surface area contributed by atoms with Crippen molar-refractivity contribution in [3.05, 3.63) is 100 Å². The topological polar surface area (TPSA) is 107 Å². The van der Waals surface area contributed by atoms with Crippen molar-refractivity contribution in [2.45, 2.75) is 18.0 Å². The van der Waals surface area contributed by atoms with Crippen LogP contribution in [0.15, 0.2) is 83.8 Å². The first-order valence-corrected chi connectivity index (χ1v) is 9.94.